The number of hydrogen-bond donors (Lipinski definition) is 2. The first-order valence-corrected chi connectivity index (χ1v) is 6.72. The summed E-state index contributed by atoms with van der Waals surface area (Å²) in [4.78, 5) is 27.2. The molecule has 9 heteroatoms. The highest BCUT2D eigenvalue weighted by Gasteiger charge is 2.23. The molecule has 2 N–H and O–H groups in total. The molecule has 1 atom stereocenters. The monoisotopic (exact) mass is 303 g/mol. The van der Waals surface area contributed by atoms with Crippen molar-refractivity contribution in [1.29, 1.82) is 0 Å². The van der Waals surface area contributed by atoms with Crippen LogP contribution in [0.15, 0.2) is 21.7 Å². The summed E-state index contributed by atoms with van der Waals surface area (Å²) in [5.41, 5.74) is -1.19. The molecule has 0 aliphatic rings. The molecule has 0 aliphatic carbocycles. The molecule has 1 heterocycles. The number of H-pyrrole nitrogens is 2. The van der Waals surface area contributed by atoms with Crippen LogP contribution in [0.25, 0.3) is 11.0 Å². The van der Waals surface area contributed by atoms with Crippen LogP contribution in [0.4, 0.5) is 0 Å². The van der Waals surface area contributed by atoms with Gasteiger partial charge in [-0.25, -0.2) is 4.52 Å². The molecule has 0 fully saturated rings. The number of fused-ring (bicyclic) bond motifs is 1. The first-order chi connectivity index (χ1) is 9.01. The maximum Gasteiger partial charge on any atom is 0.750 e. The topological polar surface area (TPSA) is 101 Å². The number of nitrogens with one attached hydrogen (secondary N) is 2. The van der Waals surface area contributed by atoms with Crippen LogP contribution in [0.3, 0.4) is 0 Å². The fourth-order valence-electron chi connectivity index (χ4n) is 1.44. The Morgan fingerprint density at radius 2 is 1.95 bits per heavy atom. The van der Waals surface area contributed by atoms with Crippen LogP contribution in [0.1, 0.15) is 6.92 Å². The summed E-state index contributed by atoms with van der Waals surface area (Å²) in [5, 5.41) is 0.255. The van der Waals surface area contributed by atoms with E-state index in [9.17, 15) is 14.2 Å². The van der Waals surface area contributed by atoms with Gasteiger partial charge in [-0.05, 0) is 13.0 Å². The van der Waals surface area contributed by atoms with Gasteiger partial charge in [-0.2, -0.15) is 0 Å². The Bertz CT molecular complexity index is 754. The molecule has 0 saturated heterocycles. The third-order valence-corrected chi connectivity index (χ3v) is 3.20. The molecular formula is C10H9ClN2O5P+. The van der Waals surface area contributed by atoms with E-state index in [1.807, 2.05) is 0 Å². The van der Waals surface area contributed by atoms with E-state index in [2.05, 4.69) is 9.97 Å². The van der Waals surface area contributed by atoms with Gasteiger partial charge in [0.1, 0.15) is 12.1 Å². The second kappa shape index (κ2) is 5.52. The number of hydrogen-bond acceptors (Lipinski definition) is 5. The number of aromatic nitrogens is 2. The van der Waals surface area contributed by atoms with E-state index in [1.54, 1.807) is 6.92 Å². The van der Waals surface area contributed by atoms with Gasteiger partial charge >= 0.3 is 19.4 Å². The zero-order valence-corrected chi connectivity index (χ0v) is 11.4. The van der Waals surface area contributed by atoms with E-state index in [0.717, 1.165) is 0 Å². The van der Waals surface area contributed by atoms with Crippen LogP contribution in [0.5, 0.6) is 5.75 Å². The Labute approximate surface area is 112 Å². The van der Waals surface area contributed by atoms with E-state index in [1.165, 1.54) is 12.1 Å². The summed E-state index contributed by atoms with van der Waals surface area (Å²) in [6.45, 7) is 1.87. The lowest BCUT2D eigenvalue weighted by Gasteiger charge is -2.01. The van der Waals surface area contributed by atoms with Crippen LogP contribution >= 0.6 is 19.9 Å². The standard InChI is InChI=1S/C10H8ClN2O5P/c1-2-17-19(16)18-7-4-5(11)3-6-8(7)13-10(15)9(14)12-6/h3-4H,2H2,1H3,(H-,12,13,14,15)/p+1. The van der Waals surface area contributed by atoms with E-state index in [-0.39, 0.29) is 28.4 Å². The molecule has 2 aromatic rings. The van der Waals surface area contributed by atoms with Gasteiger partial charge in [-0.3, -0.25) is 9.59 Å². The lowest BCUT2D eigenvalue weighted by molar-refractivity contribution is 0.303. The molecule has 0 amide bonds. The van der Waals surface area contributed by atoms with Crippen molar-refractivity contribution in [2.75, 3.05) is 6.61 Å². The SMILES string of the molecule is CCO[P+](=O)Oc1cc(Cl)cc2[nH]c(=O)c(=O)[nH]c12. The summed E-state index contributed by atoms with van der Waals surface area (Å²) in [6, 6.07) is 2.80. The van der Waals surface area contributed by atoms with Gasteiger partial charge in [0.15, 0.2) is 0 Å². The minimum Gasteiger partial charge on any atom is -0.316 e. The quantitative estimate of drug-likeness (QED) is 0.664. The molecule has 0 aliphatic heterocycles. The summed E-state index contributed by atoms with van der Waals surface area (Å²) in [7, 11) is -2.38. The normalized spacial score (nSPS) is 11.6. The Balaban J connectivity index is 2.59. The molecule has 0 radical (unpaired) electrons. The zero-order valence-electron chi connectivity index (χ0n) is 9.73. The predicted octanol–water partition coefficient (Wildman–Crippen LogP) is 1.94. The summed E-state index contributed by atoms with van der Waals surface area (Å²) < 4.78 is 21.2. The van der Waals surface area contributed by atoms with Crippen LogP contribution in [0.2, 0.25) is 5.02 Å². The molecule has 1 unspecified atom stereocenters. The lowest BCUT2D eigenvalue weighted by Crippen LogP contribution is -2.29. The minimum atomic E-state index is -2.38. The van der Waals surface area contributed by atoms with Crippen molar-refractivity contribution < 1.29 is 13.6 Å². The fourth-order valence-corrected chi connectivity index (χ4v) is 2.22. The smallest absolute Gasteiger partial charge is 0.316 e. The summed E-state index contributed by atoms with van der Waals surface area (Å²) in [6.07, 6.45) is 0. The first kappa shape index (κ1) is 13.7. The largest absolute Gasteiger partial charge is 0.750 e. The third kappa shape index (κ3) is 3.01. The maximum atomic E-state index is 11.4. The van der Waals surface area contributed by atoms with Crippen LogP contribution in [-0.4, -0.2) is 16.6 Å². The highest BCUT2D eigenvalue weighted by molar-refractivity contribution is 7.33. The number of halogens is 1. The van der Waals surface area contributed by atoms with Crippen molar-refractivity contribution in [1.82, 2.24) is 9.97 Å². The molecule has 100 valence electrons. The predicted molar refractivity (Wildman–Crippen MR) is 70.1 cm³/mol. The van der Waals surface area contributed by atoms with Gasteiger partial charge in [-0.1, -0.05) is 11.6 Å². The number of rotatable bonds is 4. The van der Waals surface area contributed by atoms with Crippen molar-refractivity contribution >= 4 is 30.9 Å². The second-order valence-electron chi connectivity index (χ2n) is 3.47. The molecule has 0 saturated carbocycles. The van der Waals surface area contributed by atoms with Gasteiger partial charge in [0.25, 0.3) is 0 Å². The Hall–Kier alpha value is -1.69. The average molecular weight is 304 g/mol. The molecule has 7 nitrogen and oxygen atoms in total. The minimum absolute atomic E-state index is 0.0606. The van der Waals surface area contributed by atoms with Gasteiger partial charge in [0.05, 0.1) is 5.52 Å². The zero-order chi connectivity index (χ0) is 14.0. The van der Waals surface area contributed by atoms with Gasteiger partial charge < -0.3 is 9.97 Å². The van der Waals surface area contributed by atoms with Crippen LogP contribution in [0, 0.1) is 0 Å². The molecule has 19 heavy (non-hydrogen) atoms. The van der Waals surface area contributed by atoms with Crippen molar-refractivity contribution in [2.45, 2.75) is 6.92 Å². The molecule has 2 rings (SSSR count). The second-order valence-corrected chi connectivity index (χ2v) is 4.79. The van der Waals surface area contributed by atoms with E-state index >= 15 is 0 Å². The van der Waals surface area contributed by atoms with Gasteiger partial charge in [-0.15, -0.1) is 4.52 Å². The van der Waals surface area contributed by atoms with Crippen LogP contribution < -0.4 is 15.6 Å². The van der Waals surface area contributed by atoms with Gasteiger partial charge in [0, 0.05) is 15.7 Å². The van der Waals surface area contributed by atoms with E-state index in [0.29, 0.717) is 0 Å². The Morgan fingerprint density at radius 1 is 1.26 bits per heavy atom. The molecule has 1 aromatic heterocycles. The van der Waals surface area contributed by atoms with Crippen molar-refractivity contribution in [2.24, 2.45) is 0 Å². The molecule has 0 spiro atoms. The third-order valence-electron chi connectivity index (χ3n) is 2.17. The van der Waals surface area contributed by atoms with Crippen molar-refractivity contribution in [3.8, 4) is 5.75 Å². The average Bonchev–Trinajstić information content (AvgIpc) is 2.32. The lowest BCUT2D eigenvalue weighted by atomic mass is 10.3. The number of benzene rings is 1. The summed E-state index contributed by atoms with van der Waals surface area (Å²) in [5.74, 6) is 0.0606. The van der Waals surface area contributed by atoms with E-state index in [4.69, 9.17) is 20.6 Å². The van der Waals surface area contributed by atoms with Crippen molar-refractivity contribution in [3.05, 3.63) is 37.9 Å². The highest BCUT2D eigenvalue weighted by atomic mass is 35.5. The fraction of sp³-hybridized carbons (Fsp3) is 0.200. The highest BCUT2D eigenvalue weighted by Crippen LogP contribution is 2.33. The van der Waals surface area contributed by atoms with Crippen molar-refractivity contribution in [3.63, 3.8) is 0 Å². The first-order valence-electron chi connectivity index (χ1n) is 5.25. The Kier molecular flexibility index (Phi) is 3.99. The molecular weight excluding hydrogens is 295 g/mol. The van der Waals surface area contributed by atoms with E-state index < -0.39 is 19.4 Å². The Morgan fingerprint density at radius 3 is 2.63 bits per heavy atom. The van der Waals surface area contributed by atoms with Crippen LogP contribution in [-0.2, 0) is 9.09 Å². The summed E-state index contributed by atoms with van der Waals surface area (Å²) >= 11 is 5.85. The molecule has 0 bridgehead atoms. The molecule has 1 aromatic carbocycles. The number of aromatic amines is 2. The maximum absolute atomic E-state index is 11.4. The van der Waals surface area contributed by atoms with Gasteiger partial charge in [0.2, 0.25) is 5.75 Å².